The number of rotatable bonds is 3. The number of allylic oxidation sites excluding steroid dienone is 2. The van der Waals surface area contributed by atoms with Crippen molar-refractivity contribution in [1.29, 1.82) is 0 Å². The minimum absolute atomic E-state index is 0.967. The van der Waals surface area contributed by atoms with E-state index in [1.54, 1.807) is 0 Å². The van der Waals surface area contributed by atoms with Crippen LogP contribution < -0.4 is 0 Å². The van der Waals surface area contributed by atoms with Gasteiger partial charge >= 0.3 is 0 Å². The first-order valence-electron chi connectivity index (χ1n) is 8.84. The third-order valence-electron chi connectivity index (χ3n) is 5.31. The predicted molar refractivity (Wildman–Crippen MR) is 107 cm³/mol. The fourth-order valence-corrected chi connectivity index (χ4v) is 3.87. The summed E-state index contributed by atoms with van der Waals surface area (Å²) in [6.07, 6.45) is 5.39. The Morgan fingerprint density at radius 1 is 0.600 bits per heavy atom. The summed E-state index contributed by atoms with van der Waals surface area (Å²) in [6.45, 7) is 2.23. The second-order valence-corrected chi connectivity index (χ2v) is 6.86. The van der Waals surface area contributed by atoms with Gasteiger partial charge in [-0.25, -0.2) is 0 Å². The molecule has 0 amide bonds. The zero-order valence-corrected chi connectivity index (χ0v) is 14.3. The van der Waals surface area contributed by atoms with E-state index in [0.717, 1.165) is 6.42 Å². The van der Waals surface area contributed by atoms with Gasteiger partial charge in [0.1, 0.15) is 0 Å². The zero-order valence-electron chi connectivity index (χ0n) is 14.3. The summed E-state index contributed by atoms with van der Waals surface area (Å²) >= 11 is 0. The second kappa shape index (κ2) is 5.60. The van der Waals surface area contributed by atoms with E-state index in [9.17, 15) is 0 Å². The first-order chi connectivity index (χ1) is 12.3. The normalized spacial score (nSPS) is 13.6. The lowest BCUT2D eigenvalue weighted by atomic mass is 9.88. The maximum atomic E-state index is 2.29. The molecule has 0 saturated heterocycles. The summed E-state index contributed by atoms with van der Waals surface area (Å²) in [6, 6.07) is 26.5. The Bertz CT molecular complexity index is 1130. The smallest absolute Gasteiger partial charge is 0.0482 e. The van der Waals surface area contributed by atoms with Gasteiger partial charge in [-0.1, -0.05) is 84.9 Å². The molecule has 0 nitrogen and oxygen atoms in total. The van der Waals surface area contributed by atoms with Gasteiger partial charge in [-0.2, -0.15) is 0 Å². The SMILES string of the molecule is Cc1ccc2ccccc2c1Cc1c([C]2C=C2)ccc2ccccc12. The van der Waals surface area contributed by atoms with E-state index in [4.69, 9.17) is 0 Å². The second-order valence-electron chi connectivity index (χ2n) is 6.86. The van der Waals surface area contributed by atoms with Crippen LogP contribution in [0, 0.1) is 12.8 Å². The highest BCUT2D eigenvalue weighted by Gasteiger charge is 2.21. The minimum atomic E-state index is 0.967. The molecule has 4 aromatic carbocycles. The summed E-state index contributed by atoms with van der Waals surface area (Å²) in [5, 5.41) is 5.38. The third-order valence-corrected chi connectivity index (χ3v) is 5.31. The topological polar surface area (TPSA) is 0 Å². The van der Waals surface area contributed by atoms with E-state index < -0.39 is 0 Å². The summed E-state index contributed by atoms with van der Waals surface area (Å²) in [4.78, 5) is 0. The molecule has 0 saturated carbocycles. The van der Waals surface area contributed by atoms with Gasteiger partial charge in [0.25, 0.3) is 0 Å². The van der Waals surface area contributed by atoms with Crippen molar-refractivity contribution in [2.45, 2.75) is 13.3 Å². The molecule has 1 radical (unpaired) electrons. The van der Waals surface area contributed by atoms with E-state index in [-0.39, 0.29) is 0 Å². The Balaban J connectivity index is 1.75. The van der Waals surface area contributed by atoms with E-state index in [1.807, 2.05) is 0 Å². The molecule has 119 valence electrons. The van der Waals surface area contributed by atoms with E-state index in [0.29, 0.717) is 0 Å². The molecule has 0 N–H and O–H groups in total. The largest absolute Gasteiger partial charge is 0.0714 e. The number of fused-ring (bicyclic) bond motifs is 2. The first-order valence-corrected chi connectivity index (χ1v) is 8.84. The van der Waals surface area contributed by atoms with Crippen LogP contribution in [0.4, 0.5) is 0 Å². The number of hydrogen-bond acceptors (Lipinski definition) is 0. The van der Waals surface area contributed by atoms with Crippen molar-refractivity contribution in [2.75, 3.05) is 0 Å². The van der Waals surface area contributed by atoms with Crippen molar-refractivity contribution in [3.05, 3.63) is 113 Å². The van der Waals surface area contributed by atoms with Crippen LogP contribution in [-0.2, 0) is 6.42 Å². The van der Waals surface area contributed by atoms with Crippen LogP contribution in [0.5, 0.6) is 0 Å². The molecular formula is C25H19. The van der Waals surface area contributed by atoms with Gasteiger partial charge in [0.15, 0.2) is 0 Å². The van der Waals surface area contributed by atoms with Crippen molar-refractivity contribution in [3.63, 3.8) is 0 Å². The summed E-state index contributed by atoms with van der Waals surface area (Å²) in [5.41, 5.74) is 5.63. The maximum absolute atomic E-state index is 2.29. The molecule has 25 heavy (non-hydrogen) atoms. The van der Waals surface area contributed by atoms with E-state index >= 15 is 0 Å². The van der Waals surface area contributed by atoms with Gasteiger partial charge in [0.05, 0.1) is 0 Å². The molecule has 0 atom stereocenters. The van der Waals surface area contributed by atoms with Crippen LogP contribution in [0.2, 0.25) is 0 Å². The van der Waals surface area contributed by atoms with Gasteiger partial charge in [-0.15, -0.1) is 0 Å². The highest BCUT2D eigenvalue weighted by atomic mass is 14.2. The summed E-state index contributed by atoms with van der Waals surface area (Å²) in [5.74, 6) is 1.37. The predicted octanol–water partition coefficient (Wildman–Crippen LogP) is 6.38. The van der Waals surface area contributed by atoms with Crippen molar-refractivity contribution in [2.24, 2.45) is 0 Å². The Morgan fingerprint density at radius 2 is 1.20 bits per heavy atom. The molecule has 0 aliphatic heterocycles. The van der Waals surface area contributed by atoms with Gasteiger partial charge in [-0.3, -0.25) is 0 Å². The molecule has 0 spiro atoms. The van der Waals surface area contributed by atoms with Crippen molar-refractivity contribution in [1.82, 2.24) is 0 Å². The first kappa shape index (κ1) is 14.5. The van der Waals surface area contributed by atoms with Crippen molar-refractivity contribution in [3.8, 4) is 0 Å². The third kappa shape index (κ3) is 2.46. The van der Waals surface area contributed by atoms with Crippen LogP contribution in [0.15, 0.2) is 84.9 Å². The van der Waals surface area contributed by atoms with Gasteiger partial charge < -0.3 is 0 Å². The Morgan fingerprint density at radius 3 is 1.88 bits per heavy atom. The molecule has 0 fully saturated rings. The van der Waals surface area contributed by atoms with Crippen LogP contribution in [0.3, 0.4) is 0 Å². The molecular weight excluding hydrogens is 300 g/mol. The van der Waals surface area contributed by atoms with Crippen molar-refractivity contribution < 1.29 is 0 Å². The van der Waals surface area contributed by atoms with Gasteiger partial charge in [0.2, 0.25) is 0 Å². The molecule has 4 aromatic rings. The molecule has 0 bridgehead atoms. The summed E-state index contributed by atoms with van der Waals surface area (Å²) < 4.78 is 0. The molecule has 5 rings (SSSR count). The van der Waals surface area contributed by atoms with E-state index in [1.165, 1.54) is 49.7 Å². The lowest BCUT2D eigenvalue weighted by Gasteiger charge is -2.16. The lowest BCUT2D eigenvalue weighted by molar-refractivity contribution is 1.17. The monoisotopic (exact) mass is 319 g/mol. The highest BCUT2D eigenvalue weighted by molar-refractivity contribution is 5.91. The maximum Gasteiger partial charge on any atom is 0.0482 e. The molecule has 0 aromatic heterocycles. The Labute approximate surface area is 148 Å². The molecule has 0 heterocycles. The molecule has 0 unspecified atom stereocenters. The number of benzene rings is 4. The van der Waals surface area contributed by atoms with Crippen LogP contribution in [0.25, 0.3) is 21.5 Å². The fourth-order valence-electron chi connectivity index (χ4n) is 3.87. The van der Waals surface area contributed by atoms with Crippen molar-refractivity contribution >= 4 is 21.5 Å². The quantitative estimate of drug-likeness (QED) is 0.411. The van der Waals surface area contributed by atoms with Crippen LogP contribution in [0.1, 0.15) is 22.3 Å². The molecule has 0 heteroatoms. The average molecular weight is 319 g/mol. The standard InChI is InChI=1S/C25H19/c1-17-10-11-18-6-2-4-8-21(18)24(17)16-25-22-9-5-3-7-19(22)14-15-23(25)20-12-13-20/h2-15H,16H2,1H3. The minimum Gasteiger partial charge on any atom is -0.0714 e. The average Bonchev–Trinajstić information content (AvgIpc) is 3.49. The van der Waals surface area contributed by atoms with Gasteiger partial charge in [-0.05, 0) is 57.1 Å². The molecule has 1 aliphatic rings. The van der Waals surface area contributed by atoms with E-state index in [2.05, 4.69) is 91.9 Å². The van der Waals surface area contributed by atoms with Crippen LogP contribution >= 0.6 is 0 Å². The summed E-state index contributed by atoms with van der Waals surface area (Å²) in [7, 11) is 0. The Kier molecular flexibility index (Phi) is 3.24. The van der Waals surface area contributed by atoms with Crippen LogP contribution in [-0.4, -0.2) is 0 Å². The van der Waals surface area contributed by atoms with Gasteiger partial charge in [0, 0.05) is 5.92 Å². The Hall–Kier alpha value is -2.86. The number of hydrogen-bond donors (Lipinski definition) is 0. The zero-order chi connectivity index (χ0) is 16.8. The highest BCUT2D eigenvalue weighted by Crippen LogP contribution is 2.37. The lowest BCUT2D eigenvalue weighted by Crippen LogP contribution is -2.00. The molecule has 1 aliphatic carbocycles. The number of aryl methyl sites for hydroxylation is 1. The fraction of sp³-hybridized carbons (Fsp3) is 0.0800.